The molecule has 0 spiro atoms. The third-order valence-electron chi connectivity index (χ3n) is 6.40. The highest BCUT2D eigenvalue weighted by atomic mass is 16.2. The first-order valence-electron chi connectivity index (χ1n) is 11.7. The first-order valence-corrected chi connectivity index (χ1v) is 11.7. The Labute approximate surface area is 190 Å². The zero-order chi connectivity index (χ0) is 22.3. The minimum atomic E-state index is -0.262. The van der Waals surface area contributed by atoms with Gasteiger partial charge in [-0.25, -0.2) is 9.78 Å². The van der Waals surface area contributed by atoms with Crippen LogP contribution in [0, 0.1) is 12.8 Å². The van der Waals surface area contributed by atoms with E-state index in [1.165, 1.54) is 18.4 Å². The number of carbonyl (C=O) groups excluding carboxylic acids is 2. The van der Waals surface area contributed by atoms with Crippen LogP contribution in [0.1, 0.15) is 49.7 Å². The second-order valence-electron chi connectivity index (χ2n) is 8.97. The van der Waals surface area contributed by atoms with Gasteiger partial charge in [-0.05, 0) is 50.3 Å². The lowest BCUT2D eigenvalue weighted by atomic mass is 9.96. The van der Waals surface area contributed by atoms with Gasteiger partial charge in [0.1, 0.15) is 5.82 Å². The summed E-state index contributed by atoms with van der Waals surface area (Å²) in [4.78, 5) is 31.6. The van der Waals surface area contributed by atoms with Gasteiger partial charge in [-0.15, -0.1) is 0 Å². The van der Waals surface area contributed by atoms with Gasteiger partial charge in [0.15, 0.2) is 0 Å². The molecule has 1 aliphatic carbocycles. The summed E-state index contributed by atoms with van der Waals surface area (Å²) < 4.78 is 0. The molecule has 1 saturated carbocycles. The second kappa shape index (κ2) is 10.5. The number of urea groups is 1. The summed E-state index contributed by atoms with van der Waals surface area (Å²) in [5, 5.41) is 8.92. The summed E-state index contributed by atoms with van der Waals surface area (Å²) in [7, 11) is 0. The lowest BCUT2D eigenvalue weighted by molar-refractivity contribution is -0.125. The van der Waals surface area contributed by atoms with E-state index in [0.29, 0.717) is 24.8 Å². The van der Waals surface area contributed by atoms with Crippen LogP contribution in [0.2, 0.25) is 0 Å². The molecule has 170 valence electrons. The van der Waals surface area contributed by atoms with Crippen molar-refractivity contribution in [1.82, 2.24) is 15.6 Å². The topological polar surface area (TPSA) is 86.4 Å². The van der Waals surface area contributed by atoms with Crippen molar-refractivity contribution in [2.24, 2.45) is 5.92 Å². The molecule has 1 unspecified atom stereocenters. The number of hydrogen-bond acceptors (Lipinski definition) is 4. The van der Waals surface area contributed by atoms with Gasteiger partial charge >= 0.3 is 6.03 Å². The van der Waals surface area contributed by atoms with Gasteiger partial charge in [0.2, 0.25) is 5.91 Å². The Balaban J connectivity index is 1.26. The normalized spacial score (nSPS) is 18.9. The van der Waals surface area contributed by atoms with Crippen molar-refractivity contribution >= 4 is 23.4 Å². The Morgan fingerprint density at radius 2 is 1.81 bits per heavy atom. The molecule has 2 fully saturated rings. The number of pyridine rings is 1. The van der Waals surface area contributed by atoms with Crippen LogP contribution in [-0.2, 0) is 11.3 Å². The lowest BCUT2D eigenvalue weighted by Gasteiger charge is -2.33. The van der Waals surface area contributed by atoms with E-state index >= 15 is 0 Å². The molecule has 3 N–H and O–H groups in total. The maximum absolute atomic E-state index is 12.7. The molecule has 0 radical (unpaired) electrons. The Kier molecular flexibility index (Phi) is 7.24. The van der Waals surface area contributed by atoms with Crippen molar-refractivity contribution in [3.8, 4) is 0 Å². The van der Waals surface area contributed by atoms with Crippen molar-refractivity contribution in [2.75, 3.05) is 23.3 Å². The molecule has 32 heavy (non-hydrogen) atoms. The summed E-state index contributed by atoms with van der Waals surface area (Å²) in [6, 6.07) is 11.9. The van der Waals surface area contributed by atoms with Gasteiger partial charge in [-0.2, -0.15) is 0 Å². The molecule has 1 aromatic carbocycles. The van der Waals surface area contributed by atoms with Crippen LogP contribution in [-0.4, -0.2) is 36.1 Å². The van der Waals surface area contributed by atoms with Crippen LogP contribution in [0.4, 0.5) is 16.3 Å². The Hall–Kier alpha value is -3.09. The maximum Gasteiger partial charge on any atom is 0.319 e. The SMILES string of the molecule is Cc1ccc(CNC(=O)Nc2ccc(N3CCCC(C(=O)NC4CCCC4)C3)nc2)cc1. The number of nitrogens with zero attached hydrogens (tertiary/aromatic N) is 2. The van der Waals surface area contributed by atoms with E-state index in [1.807, 2.05) is 43.3 Å². The number of benzene rings is 1. The first-order chi connectivity index (χ1) is 15.6. The molecule has 1 saturated heterocycles. The van der Waals surface area contributed by atoms with E-state index in [1.54, 1.807) is 6.20 Å². The maximum atomic E-state index is 12.7. The molecule has 2 aliphatic rings. The molecular formula is C25H33N5O2. The van der Waals surface area contributed by atoms with Crippen LogP contribution in [0.15, 0.2) is 42.6 Å². The fourth-order valence-corrected chi connectivity index (χ4v) is 4.50. The van der Waals surface area contributed by atoms with E-state index in [4.69, 9.17) is 0 Å². The van der Waals surface area contributed by atoms with Crippen LogP contribution in [0.5, 0.6) is 0 Å². The van der Waals surface area contributed by atoms with Crippen molar-refractivity contribution in [3.05, 3.63) is 53.7 Å². The molecular weight excluding hydrogens is 402 g/mol. The number of carbonyl (C=O) groups is 2. The average molecular weight is 436 g/mol. The summed E-state index contributed by atoms with van der Waals surface area (Å²) in [5.74, 6) is 1.04. The third kappa shape index (κ3) is 5.99. The zero-order valence-electron chi connectivity index (χ0n) is 18.8. The third-order valence-corrected chi connectivity index (χ3v) is 6.40. The molecule has 7 nitrogen and oxygen atoms in total. The van der Waals surface area contributed by atoms with Crippen molar-refractivity contribution in [2.45, 2.75) is 58.0 Å². The lowest BCUT2D eigenvalue weighted by Crippen LogP contribution is -2.45. The minimum Gasteiger partial charge on any atom is -0.356 e. The highest BCUT2D eigenvalue weighted by Crippen LogP contribution is 2.24. The predicted octanol–water partition coefficient (Wildman–Crippen LogP) is 3.99. The molecule has 4 rings (SSSR count). The highest BCUT2D eigenvalue weighted by Gasteiger charge is 2.28. The van der Waals surface area contributed by atoms with E-state index in [0.717, 1.165) is 43.6 Å². The number of anilines is 2. The van der Waals surface area contributed by atoms with Gasteiger partial charge in [-0.1, -0.05) is 42.7 Å². The summed E-state index contributed by atoms with van der Waals surface area (Å²) in [6.45, 7) is 4.09. The van der Waals surface area contributed by atoms with Crippen molar-refractivity contribution in [1.29, 1.82) is 0 Å². The molecule has 1 aliphatic heterocycles. The molecule has 2 heterocycles. The fraction of sp³-hybridized carbons (Fsp3) is 0.480. The van der Waals surface area contributed by atoms with Crippen molar-refractivity contribution in [3.63, 3.8) is 0 Å². The monoisotopic (exact) mass is 435 g/mol. The number of aromatic nitrogens is 1. The smallest absolute Gasteiger partial charge is 0.319 e. The van der Waals surface area contributed by atoms with Crippen LogP contribution in [0.25, 0.3) is 0 Å². The largest absolute Gasteiger partial charge is 0.356 e. The van der Waals surface area contributed by atoms with Gasteiger partial charge in [0, 0.05) is 25.7 Å². The van der Waals surface area contributed by atoms with E-state index < -0.39 is 0 Å². The average Bonchev–Trinajstić information content (AvgIpc) is 3.32. The second-order valence-corrected chi connectivity index (χ2v) is 8.97. The standard InChI is InChI=1S/C25H33N5O2/c1-18-8-10-19(11-9-18)15-27-25(32)29-22-12-13-23(26-16-22)30-14-4-5-20(17-30)24(31)28-21-6-2-3-7-21/h8-13,16,20-21H,2-7,14-15,17H2,1H3,(H,28,31)(H2,27,29,32). The molecule has 3 amide bonds. The Morgan fingerprint density at radius 3 is 2.53 bits per heavy atom. The number of piperidine rings is 1. The summed E-state index contributed by atoms with van der Waals surface area (Å²) in [5.41, 5.74) is 2.89. The number of rotatable bonds is 6. The zero-order valence-corrected chi connectivity index (χ0v) is 18.8. The Morgan fingerprint density at radius 1 is 1.03 bits per heavy atom. The molecule has 1 aromatic heterocycles. The number of hydrogen-bond donors (Lipinski definition) is 3. The minimum absolute atomic E-state index is 0.0107. The fourth-order valence-electron chi connectivity index (χ4n) is 4.50. The predicted molar refractivity (Wildman–Crippen MR) is 127 cm³/mol. The van der Waals surface area contributed by atoms with Crippen LogP contribution in [0.3, 0.4) is 0 Å². The van der Waals surface area contributed by atoms with E-state index in [-0.39, 0.29) is 17.9 Å². The van der Waals surface area contributed by atoms with Crippen LogP contribution >= 0.6 is 0 Å². The molecule has 2 aromatic rings. The van der Waals surface area contributed by atoms with Crippen LogP contribution < -0.4 is 20.9 Å². The first kappa shape index (κ1) is 22.1. The number of amides is 3. The van der Waals surface area contributed by atoms with E-state index in [2.05, 4.69) is 25.8 Å². The van der Waals surface area contributed by atoms with E-state index in [9.17, 15) is 9.59 Å². The van der Waals surface area contributed by atoms with Gasteiger partial charge in [-0.3, -0.25) is 4.79 Å². The number of nitrogens with one attached hydrogen (secondary N) is 3. The highest BCUT2D eigenvalue weighted by molar-refractivity contribution is 5.89. The number of aryl methyl sites for hydroxylation is 1. The molecule has 1 atom stereocenters. The molecule has 7 heteroatoms. The van der Waals surface area contributed by atoms with Gasteiger partial charge < -0.3 is 20.9 Å². The quantitative estimate of drug-likeness (QED) is 0.640. The van der Waals surface area contributed by atoms with Crippen molar-refractivity contribution < 1.29 is 9.59 Å². The summed E-state index contributed by atoms with van der Waals surface area (Å²) in [6.07, 6.45) is 8.23. The Bertz CT molecular complexity index is 907. The molecule has 0 bridgehead atoms. The van der Waals surface area contributed by atoms with Gasteiger partial charge in [0.25, 0.3) is 0 Å². The summed E-state index contributed by atoms with van der Waals surface area (Å²) >= 11 is 0. The van der Waals surface area contributed by atoms with Gasteiger partial charge in [0.05, 0.1) is 17.8 Å².